The van der Waals surface area contributed by atoms with Crippen LogP contribution in [0.5, 0.6) is 11.5 Å². The minimum Gasteiger partial charge on any atom is -0.493 e. The molecule has 4 aliphatic carbocycles. The Bertz CT molecular complexity index is 1390. The molecule has 4 bridgehead atoms. The SMILES string of the molecule is COc1ccc(S(=O)(=O)N2CCN(c3ccc([N+](=O)[O-])c(NC(C)C45CC6CC(CC(C6)C4)C5)c3)CC2)cc1OC. The minimum atomic E-state index is -3.72. The number of hydrogen-bond donors (Lipinski definition) is 1. The van der Waals surface area contributed by atoms with E-state index >= 15 is 0 Å². The Morgan fingerprint density at radius 2 is 1.54 bits per heavy atom. The molecule has 0 radical (unpaired) electrons. The molecule has 1 unspecified atom stereocenters. The maximum atomic E-state index is 13.4. The first-order valence-electron chi connectivity index (χ1n) is 14.6. The number of methoxy groups -OCH3 is 2. The fourth-order valence-electron chi connectivity index (χ4n) is 8.40. The van der Waals surface area contributed by atoms with E-state index in [1.165, 1.54) is 69.2 Å². The Balaban J connectivity index is 1.17. The molecule has 4 saturated carbocycles. The second-order valence-electron chi connectivity index (χ2n) is 12.5. The molecule has 0 spiro atoms. The maximum Gasteiger partial charge on any atom is 0.292 e. The number of nitro benzene ring substituents is 1. The van der Waals surface area contributed by atoms with Gasteiger partial charge in [-0.3, -0.25) is 10.1 Å². The summed E-state index contributed by atoms with van der Waals surface area (Å²) in [4.78, 5) is 13.9. The van der Waals surface area contributed by atoms with Crippen LogP contribution in [0.3, 0.4) is 0 Å². The molecule has 10 nitrogen and oxygen atoms in total. The molecule has 2 aromatic rings. The monoisotopic (exact) mass is 584 g/mol. The topological polar surface area (TPSA) is 114 Å². The van der Waals surface area contributed by atoms with Crippen LogP contribution < -0.4 is 19.7 Å². The number of benzene rings is 2. The van der Waals surface area contributed by atoms with Crippen LogP contribution in [-0.4, -0.2) is 64.1 Å². The molecule has 1 saturated heterocycles. The number of ether oxygens (including phenoxy) is 2. The molecule has 2 aromatic carbocycles. The fourth-order valence-corrected chi connectivity index (χ4v) is 9.84. The zero-order valence-corrected chi connectivity index (χ0v) is 24.9. The largest absolute Gasteiger partial charge is 0.493 e. The van der Waals surface area contributed by atoms with Crippen molar-refractivity contribution in [3.8, 4) is 11.5 Å². The summed E-state index contributed by atoms with van der Waals surface area (Å²) in [5, 5.41) is 15.6. The molecule has 7 rings (SSSR count). The highest BCUT2D eigenvalue weighted by atomic mass is 32.2. The van der Waals surface area contributed by atoms with Gasteiger partial charge in [0.15, 0.2) is 11.5 Å². The van der Waals surface area contributed by atoms with Crippen LogP contribution in [0.1, 0.15) is 45.4 Å². The third-order valence-corrected chi connectivity index (χ3v) is 12.0. The number of nitrogens with zero attached hydrogens (tertiary/aromatic N) is 3. The highest BCUT2D eigenvalue weighted by molar-refractivity contribution is 7.89. The lowest BCUT2D eigenvalue weighted by Gasteiger charge is -2.59. The molecular formula is C30H40N4O6S. The summed E-state index contributed by atoms with van der Waals surface area (Å²) >= 11 is 0. The van der Waals surface area contributed by atoms with Crippen LogP contribution >= 0.6 is 0 Å². The van der Waals surface area contributed by atoms with Gasteiger partial charge in [-0.2, -0.15) is 4.31 Å². The van der Waals surface area contributed by atoms with Gasteiger partial charge in [-0.15, -0.1) is 0 Å². The molecule has 5 fully saturated rings. The average molecular weight is 585 g/mol. The highest BCUT2D eigenvalue weighted by Gasteiger charge is 2.53. The number of nitro groups is 1. The number of hydrogen-bond acceptors (Lipinski definition) is 8. The maximum absolute atomic E-state index is 13.4. The third-order valence-electron chi connectivity index (χ3n) is 10.1. The van der Waals surface area contributed by atoms with Crippen LogP contribution in [0.4, 0.5) is 17.1 Å². The number of rotatable bonds is 9. The van der Waals surface area contributed by atoms with E-state index in [1.54, 1.807) is 18.2 Å². The molecule has 1 aliphatic heterocycles. The van der Waals surface area contributed by atoms with E-state index in [9.17, 15) is 18.5 Å². The molecule has 1 atom stereocenters. The Kier molecular flexibility index (Phi) is 7.30. The van der Waals surface area contributed by atoms with Crippen molar-refractivity contribution in [3.63, 3.8) is 0 Å². The van der Waals surface area contributed by atoms with Crippen molar-refractivity contribution in [3.05, 3.63) is 46.5 Å². The van der Waals surface area contributed by atoms with Crippen molar-refractivity contribution >= 4 is 27.1 Å². The second-order valence-corrected chi connectivity index (χ2v) is 14.5. The summed E-state index contributed by atoms with van der Waals surface area (Å²) in [5.41, 5.74) is 1.71. The van der Waals surface area contributed by atoms with E-state index in [2.05, 4.69) is 17.1 Å². The van der Waals surface area contributed by atoms with Gasteiger partial charge in [-0.25, -0.2) is 8.42 Å². The second kappa shape index (κ2) is 10.7. The molecule has 0 aromatic heterocycles. The zero-order chi connectivity index (χ0) is 28.9. The highest BCUT2D eigenvalue weighted by Crippen LogP contribution is 2.61. The third kappa shape index (κ3) is 5.11. The van der Waals surface area contributed by atoms with Gasteiger partial charge in [-0.05, 0) is 92.9 Å². The Morgan fingerprint density at radius 1 is 0.927 bits per heavy atom. The summed E-state index contributed by atoms with van der Waals surface area (Å²) in [6, 6.07) is 10.00. The molecular weight excluding hydrogens is 544 g/mol. The smallest absolute Gasteiger partial charge is 0.292 e. The van der Waals surface area contributed by atoms with E-state index in [0.717, 1.165) is 23.4 Å². The van der Waals surface area contributed by atoms with E-state index < -0.39 is 10.0 Å². The summed E-state index contributed by atoms with van der Waals surface area (Å²) < 4.78 is 38.8. The number of sulfonamides is 1. The zero-order valence-electron chi connectivity index (χ0n) is 24.0. The van der Waals surface area contributed by atoms with Crippen molar-refractivity contribution in [1.29, 1.82) is 0 Å². The summed E-state index contributed by atoms with van der Waals surface area (Å²) in [6.45, 7) is 3.78. The first-order chi connectivity index (χ1) is 19.6. The van der Waals surface area contributed by atoms with E-state index in [1.807, 2.05) is 6.07 Å². The molecule has 41 heavy (non-hydrogen) atoms. The summed E-state index contributed by atoms with van der Waals surface area (Å²) in [5.74, 6) is 3.24. The molecule has 0 amide bonds. The predicted molar refractivity (Wildman–Crippen MR) is 157 cm³/mol. The first kappa shape index (κ1) is 28.1. The van der Waals surface area contributed by atoms with Gasteiger partial charge in [0.25, 0.3) is 5.69 Å². The van der Waals surface area contributed by atoms with Gasteiger partial charge in [0.2, 0.25) is 10.0 Å². The van der Waals surface area contributed by atoms with Crippen LogP contribution in [0.15, 0.2) is 41.3 Å². The number of piperazine rings is 1. The molecule has 1 N–H and O–H groups in total. The first-order valence-corrected chi connectivity index (χ1v) is 16.1. The van der Waals surface area contributed by atoms with Crippen molar-refractivity contribution in [2.24, 2.45) is 23.2 Å². The fraction of sp³-hybridized carbons (Fsp3) is 0.600. The molecule has 5 aliphatic rings. The minimum absolute atomic E-state index is 0.0833. The van der Waals surface area contributed by atoms with Crippen molar-refractivity contribution < 1.29 is 22.8 Å². The van der Waals surface area contributed by atoms with E-state index in [-0.39, 0.29) is 27.0 Å². The van der Waals surface area contributed by atoms with E-state index in [0.29, 0.717) is 43.4 Å². The van der Waals surface area contributed by atoms with Crippen LogP contribution in [-0.2, 0) is 10.0 Å². The normalized spacial score (nSPS) is 28.4. The Morgan fingerprint density at radius 3 is 2.10 bits per heavy atom. The lowest BCUT2D eigenvalue weighted by Crippen LogP contribution is -2.53. The van der Waals surface area contributed by atoms with Crippen molar-refractivity contribution in [1.82, 2.24) is 4.31 Å². The van der Waals surface area contributed by atoms with Gasteiger partial charge < -0.3 is 19.7 Å². The Labute approximate surface area is 242 Å². The molecule has 11 heteroatoms. The Hall–Kier alpha value is -3.05. The van der Waals surface area contributed by atoms with Crippen LogP contribution in [0, 0.1) is 33.3 Å². The van der Waals surface area contributed by atoms with Crippen LogP contribution in [0.2, 0.25) is 0 Å². The van der Waals surface area contributed by atoms with Crippen molar-refractivity contribution in [2.75, 3.05) is 50.6 Å². The van der Waals surface area contributed by atoms with Gasteiger partial charge in [0.1, 0.15) is 5.69 Å². The quantitative estimate of drug-likeness (QED) is 0.318. The summed E-state index contributed by atoms with van der Waals surface area (Å²) in [7, 11) is -0.736. The predicted octanol–water partition coefficient (Wildman–Crippen LogP) is 5.14. The molecule has 1 heterocycles. The summed E-state index contributed by atoms with van der Waals surface area (Å²) in [6.07, 6.45) is 7.73. The van der Waals surface area contributed by atoms with Crippen LogP contribution in [0.25, 0.3) is 0 Å². The van der Waals surface area contributed by atoms with Crippen molar-refractivity contribution in [2.45, 2.75) is 56.4 Å². The van der Waals surface area contributed by atoms with Gasteiger partial charge in [0.05, 0.1) is 24.0 Å². The lowest BCUT2D eigenvalue weighted by molar-refractivity contribution is -0.384. The number of nitrogens with one attached hydrogen (secondary N) is 1. The lowest BCUT2D eigenvalue weighted by atomic mass is 9.48. The molecule has 222 valence electrons. The number of anilines is 2. The standard InChI is InChI=1S/C30H40N4O6S/c1-20(30-17-21-12-22(18-30)14-23(13-21)19-30)31-26-15-24(4-6-27(26)34(35)36)32-8-10-33(11-9-32)41(37,38)25-5-7-28(39-2)29(16-25)40-3/h4-7,15-16,20-23,31H,8-14,17-19H2,1-3H3. The average Bonchev–Trinajstić information content (AvgIpc) is 2.96. The van der Waals surface area contributed by atoms with Gasteiger partial charge in [-0.1, -0.05) is 0 Å². The van der Waals surface area contributed by atoms with Gasteiger partial charge in [0, 0.05) is 50.0 Å². The van der Waals surface area contributed by atoms with Gasteiger partial charge >= 0.3 is 0 Å². The van der Waals surface area contributed by atoms with E-state index in [4.69, 9.17) is 9.47 Å².